The quantitative estimate of drug-likeness (QED) is 0.562. The van der Waals surface area contributed by atoms with E-state index >= 15 is 0 Å². The van der Waals surface area contributed by atoms with E-state index in [1.54, 1.807) is 37.6 Å². The molecule has 0 bridgehead atoms. The van der Waals surface area contributed by atoms with E-state index in [1.165, 1.54) is 10.8 Å². The van der Waals surface area contributed by atoms with Gasteiger partial charge in [-0.2, -0.15) is 0 Å². The van der Waals surface area contributed by atoms with E-state index in [-0.39, 0.29) is 5.56 Å². The molecule has 134 valence electrons. The highest BCUT2D eigenvalue weighted by Gasteiger charge is 2.10. The van der Waals surface area contributed by atoms with E-state index in [0.29, 0.717) is 34.8 Å². The summed E-state index contributed by atoms with van der Waals surface area (Å²) in [6.07, 6.45) is 3.43. The number of benzene rings is 2. The largest absolute Gasteiger partial charge is 0.497 e. The molecule has 0 aliphatic carbocycles. The smallest absolute Gasteiger partial charge is 0.275 e. The van der Waals surface area contributed by atoms with E-state index in [2.05, 4.69) is 15.0 Å². The van der Waals surface area contributed by atoms with Crippen LogP contribution in [0, 0.1) is 0 Å². The zero-order chi connectivity index (χ0) is 18.8. The predicted octanol–water partition coefficient (Wildman–Crippen LogP) is 2.36. The van der Waals surface area contributed by atoms with E-state index in [9.17, 15) is 4.79 Å². The Bertz CT molecular complexity index is 1150. The Morgan fingerprint density at radius 3 is 2.44 bits per heavy atom. The van der Waals surface area contributed by atoms with E-state index < -0.39 is 0 Å². The zero-order valence-corrected chi connectivity index (χ0v) is 14.7. The van der Waals surface area contributed by atoms with Crippen molar-refractivity contribution in [3.8, 4) is 11.4 Å². The predicted molar refractivity (Wildman–Crippen MR) is 103 cm³/mol. The maximum atomic E-state index is 12.5. The molecule has 2 aromatic carbocycles. The van der Waals surface area contributed by atoms with Gasteiger partial charge in [0.2, 0.25) is 0 Å². The number of hydrogen-bond acceptors (Lipinski definition) is 6. The minimum atomic E-state index is -0.263. The third-order valence-electron chi connectivity index (χ3n) is 4.22. The molecule has 7 heteroatoms. The maximum Gasteiger partial charge on any atom is 0.275 e. The molecule has 2 N–H and O–H groups in total. The number of nitrogens with two attached hydrogens (primary N) is 1. The Morgan fingerprint density at radius 1 is 1.00 bits per heavy atom. The van der Waals surface area contributed by atoms with Crippen molar-refractivity contribution in [2.75, 3.05) is 12.8 Å². The summed E-state index contributed by atoms with van der Waals surface area (Å²) in [5.74, 6) is 1.39. The first-order valence-electron chi connectivity index (χ1n) is 8.36. The van der Waals surface area contributed by atoms with Crippen LogP contribution < -0.4 is 16.0 Å². The standard InChI is InChI=1S/C20H17N5O2/c1-27-16-8-2-13(3-9-16)10-18-23-11-17-20(24-18)25(19(26)12-22-17)15-6-4-14(21)5-7-15/h2-9,11-12H,10,21H2,1H3. The molecule has 0 unspecified atom stereocenters. The van der Waals surface area contributed by atoms with Gasteiger partial charge in [0, 0.05) is 12.1 Å². The second-order valence-electron chi connectivity index (χ2n) is 6.04. The van der Waals surface area contributed by atoms with E-state index in [1.807, 2.05) is 24.3 Å². The number of nitrogens with zero attached hydrogens (tertiary/aromatic N) is 4. The van der Waals surface area contributed by atoms with Gasteiger partial charge in [-0.1, -0.05) is 12.1 Å². The van der Waals surface area contributed by atoms with E-state index in [0.717, 1.165) is 11.3 Å². The van der Waals surface area contributed by atoms with Gasteiger partial charge in [-0.05, 0) is 42.0 Å². The monoisotopic (exact) mass is 359 g/mol. The lowest BCUT2D eigenvalue weighted by molar-refractivity contribution is 0.414. The van der Waals surface area contributed by atoms with Crippen LogP contribution in [0.15, 0.2) is 65.7 Å². The molecule has 0 spiro atoms. The fourth-order valence-electron chi connectivity index (χ4n) is 2.83. The van der Waals surface area contributed by atoms with Crippen LogP contribution in [0.25, 0.3) is 16.9 Å². The normalized spacial score (nSPS) is 10.9. The van der Waals surface area contributed by atoms with Gasteiger partial charge in [0.1, 0.15) is 17.1 Å². The summed E-state index contributed by atoms with van der Waals surface area (Å²) < 4.78 is 6.69. The Balaban J connectivity index is 1.79. The van der Waals surface area contributed by atoms with Crippen LogP contribution in [0.1, 0.15) is 11.4 Å². The van der Waals surface area contributed by atoms with Crippen LogP contribution in [-0.2, 0) is 6.42 Å². The van der Waals surface area contributed by atoms with Gasteiger partial charge in [-0.25, -0.2) is 15.0 Å². The molecule has 0 aliphatic heterocycles. The summed E-state index contributed by atoms with van der Waals surface area (Å²) in [6, 6.07) is 14.7. The average Bonchev–Trinajstić information content (AvgIpc) is 2.69. The number of hydrogen-bond donors (Lipinski definition) is 1. The number of methoxy groups -OCH3 is 1. The molecule has 4 rings (SSSR count). The summed E-state index contributed by atoms with van der Waals surface area (Å²) >= 11 is 0. The number of anilines is 1. The molecular formula is C20H17N5O2. The lowest BCUT2D eigenvalue weighted by Gasteiger charge is -2.10. The Labute approximate surface area is 155 Å². The van der Waals surface area contributed by atoms with Crippen LogP contribution in [0.5, 0.6) is 5.75 Å². The number of ether oxygens (including phenoxy) is 1. The van der Waals surface area contributed by atoms with Crippen LogP contribution in [0.3, 0.4) is 0 Å². The van der Waals surface area contributed by atoms with Crippen LogP contribution in [-0.4, -0.2) is 26.6 Å². The second kappa shape index (κ2) is 6.87. The molecule has 27 heavy (non-hydrogen) atoms. The van der Waals surface area contributed by atoms with Crippen molar-refractivity contribution in [2.24, 2.45) is 0 Å². The topological polar surface area (TPSA) is 95.9 Å². The van der Waals surface area contributed by atoms with Gasteiger partial charge in [-0.15, -0.1) is 0 Å². The van der Waals surface area contributed by atoms with Gasteiger partial charge in [0.15, 0.2) is 5.65 Å². The Morgan fingerprint density at radius 2 is 1.74 bits per heavy atom. The molecule has 0 aliphatic rings. The lowest BCUT2D eigenvalue weighted by Crippen LogP contribution is -2.20. The summed E-state index contributed by atoms with van der Waals surface area (Å²) in [4.78, 5) is 25.6. The van der Waals surface area contributed by atoms with Crippen LogP contribution in [0.4, 0.5) is 5.69 Å². The molecule has 2 heterocycles. The summed E-state index contributed by atoms with van der Waals surface area (Å²) in [5.41, 5.74) is 8.84. The first kappa shape index (κ1) is 16.7. The van der Waals surface area contributed by atoms with Crippen molar-refractivity contribution in [1.82, 2.24) is 19.5 Å². The minimum Gasteiger partial charge on any atom is -0.497 e. The van der Waals surface area contributed by atoms with Crippen molar-refractivity contribution >= 4 is 16.9 Å². The maximum absolute atomic E-state index is 12.5. The molecule has 2 aromatic heterocycles. The first-order chi connectivity index (χ1) is 13.1. The van der Waals surface area contributed by atoms with Crippen LogP contribution >= 0.6 is 0 Å². The SMILES string of the molecule is COc1ccc(Cc2ncc3ncc(=O)n(-c4ccc(N)cc4)c3n2)cc1. The summed E-state index contributed by atoms with van der Waals surface area (Å²) in [5, 5.41) is 0. The highest BCUT2D eigenvalue weighted by Crippen LogP contribution is 2.16. The lowest BCUT2D eigenvalue weighted by atomic mass is 10.1. The molecule has 4 aromatic rings. The molecule has 0 saturated heterocycles. The van der Waals surface area contributed by atoms with Crippen molar-refractivity contribution in [3.05, 3.63) is 82.7 Å². The van der Waals surface area contributed by atoms with Gasteiger partial charge in [0.25, 0.3) is 5.56 Å². The van der Waals surface area contributed by atoms with Gasteiger partial charge >= 0.3 is 0 Å². The summed E-state index contributed by atoms with van der Waals surface area (Å²) in [6.45, 7) is 0. The van der Waals surface area contributed by atoms with Crippen molar-refractivity contribution in [2.45, 2.75) is 6.42 Å². The molecule has 7 nitrogen and oxygen atoms in total. The van der Waals surface area contributed by atoms with Crippen molar-refractivity contribution in [3.63, 3.8) is 0 Å². The molecule has 0 saturated carbocycles. The molecule has 0 radical (unpaired) electrons. The van der Waals surface area contributed by atoms with Crippen LogP contribution in [0.2, 0.25) is 0 Å². The van der Waals surface area contributed by atoms with Gasteiger partial charge < -0.3 is 10.5 Å². The van der Waals surface area contributed by atoms with E-state index in [4.69, 9.17) is 10.5 Å². The van der Waals surface area contributed by atoms with Crippen molar-refractivity contribution in [1.29, 1.82) is 0 Å². The Kier molecular flexibility index (Phi) is 4.25. The number of rotatable bonds is 4. The second-order valence-corrected chi connectivity index (χ2v) is 6.04. The third-order valence-corrected chi connectivity index (χ3v) is 4.22. The third kappa shape index (κ3) is 3.35. The number of aromatic nitrogens is 4. The van der Waals surface area contributed by atoms with Gasteiger partial charge in [-0.3, -0.25) is 9.36 Å². The first-order valence-corrected chi connectivity index (χ1v) is 8.36. The molecular weight excluding hydrogens is 342 g/mol. The highest BCUT2D eigenvalue weighted by molar-refractivity contribution is 5.71. The highest BCUT2D eigenvalue weighted by atomic mass is 16.5. The Hall–Kier alpha value is -3.74. The molecule has 0 atom stereocenters. The zero-order valence-electron chi connectivity index (χ0n) is 14.7. The molecule has 0 amide bonds. The van der Waals surface area contributed by atoms with Crippen molar-refractivity contribution < 1.29 is 4.74 Å². The fraction of sp³-hybridized carbons (Fsp3) is 0.100. The number of fused-ring (bicyclic) bond motifs is 1. The van der Waals surface area contributed by atoms with Gasteiger partial charge in [0.05, 0.1) is 25.2 Å². The summed E-state index contributed by atoms with van der Waals surface area (Å²) in [7, 11) is 1.63. The average molecular weight is 359 g/mol. The minimum absolute atomic E-state index is 0.263. The number of nitrogen functional groups attached to an aromatic ring is 1. The molecule has 0 fully saturated rings. The fourth-order valence-corrected chi connectivity index (χ4v) is 2.83.